The summed E-state index contributed by atoms with van der Waals surface area (Å²) in [7, 11) is 2.21. The van der Waals surface area contributed by atoms with Crippen molar-refractivity contribution in [1.29, 1.82) is 0 Å². The molecular weight excluding hydrogens is 362 g/mol. The summed E-state index contributed by atoms with van der Waals surface area (Å²) in [5.74, 6) is 0.472. The first kappa shape index (κ1) is 20.6. The molecule has 0 radical (unpaired) electrons. The number of benzene rings is 3. The zero-order valence-electron chi connectivity index (χ0n) is 19.7. The highest BCUT2D eigenvalue weighted by Gasteiger charge is 2.25. The van der Waals surface area contributed by atoms with Gasteiger partial charge in [0.1, 0.15) is 7.05 Å². The molecule has 0 saturated heterocycles. The van der Waals surface area contributed by atoms with E-state index < -0.39 is 0 Å². The summed E-state index contributed by atoms with van der Waals surface area (Å²) in [6.07, 6.45) is 0. The van der Waals surface area contributed by atoms with Gasteiger partial charge in [0.15, 0.2) is 0 Å². The molecule has 1 nitrogen and oxygen atoms in total. The zero-order valence-corrected chi connectivity index (χ0v) is 19.7. The van der Waals surface area contributed by atoms with Crippen LogP contribution in [-0.2, 0) is 12.5 Å². The lowest BCUT2D eigenvalue weighted by Crippen LogP contribution is -2.33. The fourth-order valence-corrected chi connectivity index (χ4v) is 4.76. The average molecular weight is 397 g/mol. The van der Waals surface area contributed by atoms with E-state index in [4.69, 9.17) is 0 Å². The minimum absolute atomic E-state index is 0.0757. The van der Waals surface area contributed by atoms with Gasteiger partial charge in [0.2, 0.25) is 11.2 Å². The highest BCUT2D eigenvalue weighted by atomic mass is 14.9. The third-order valence-corrected chi connectivity index (χ3v) is 6.50. The lowest BCUT2D eigenvalue weighted by Gasteiger charge is -2.24. The molecule has 0 aliphatic carbocycles. The molecule has 0 bridgehead atoms. The van der Waals surface area contributed by atoms with Crippen LogP contribution in [0.15, 0.2) is 54.6 Å². The van der Waals surface area contributed by atoms with Gasteiger partial charge in [-0.05, 0) is 64.8 Å². The van der Waals surface area contributed by atoms with E-state index >= 15 is 0 Å². The monoisotopic (exact) mass is 396 g/mol. The van der Waals surface area contributed by atoms with Gasteiger partial charge in [0.25, 0.3) is 0 Å². The number of fused-ring (bicyclic) bond motifs is 2. The van der Waals surface area contributed by atoms with E-state index in [-0.39, 0.29) is 5.41 Å². The predicted octanol–water partition coefficient (Wildman–Crippen LogP) is 7.52. The Bertz CT molecular complexity index is 1270. The van der Waals surface area contributed by atoms with Crippen molar-refractivity contribution >= 4 is 21.7 Å². The van der Waals surface area contributed by atoms with Gasteiger partial charge in [-0.25, -0.2) is 0 Å². The van der Waals surface area contributed by atoms with Crippen LogP contribution in [0.1, 0.15) is 62.8 Å². The molecule has 0 saturated carbocycles. The number of hydrogen-bond acceptors (Lipinski definition) is 0. The molecule has 4 aromatic rings. The van der Waals surface area contributed by atoms with E-state index in [2.05, 4.69) is 115 Å². The number of aromatic nitrogens is 1. The Morgan fingerprint density at radius 2 is 1.50 bits per heavy atom. The molecule has 0 amide bonds. The van der Waals surface area contributed by atoms with E-state index in [1.807, 2.05) is 0 Å². The summed E-state index contributed by atoms with van der Waals surface area (Å²) in [5, 5.41) is 4.10. The summed E-state index contributed by atoms with van der Waals surface area (Å²) in [6, 6.07) is 20.6. The first-order valence-electron chi connectivity index (χ1n) is 11.1. The summed E-state index contributed by atoms with van der Waals surface area (Å²) in [5.41, 5.74) is 9.51. The van der Waals surface area contributed by atoms with E-state index in [1.165, 1.54) is 55.2 Å². The topological polar surface area (TPSA) is 3.88 Å². The highest BCUT2D eigenvalue weighted by Crippen LogP contribution is 2.38. The van der Waals surface area contributed by atoms with Crippen LogP contribution in [0.25, 0.3) is 32.9 Å². The van der Waals surface area contributed by atoms with Crippen LogP contribution < -0.4 is 4.57 Å². The number of aryl methyl sites for hydroxylation is 3. The number of hydrogen-bond donors (Lipinski definition) is 0. The molecule has 1 aromatic heterocycles. The Balaban J connectivity index is 2.16. The molecule has 154 valence electrons. The SMILES string of the molecule is Cc1ccc2c(C(C)(C)C)cc(-c3cc(C(C)C)c4ccccc4[n+]3C)c(C)c2c1. The van der Waals surface area contributed by atoms with Crippen LogP contribution in [-0.4, -0.2) is 0 Å². The zero-order chi connectivity index (χ0) is 21.8. The molecule has 0 N–H and O–H groups in total. The normalized spacial score (nSPS) is 12.3. The Hall–Kier alpha value is -2.67. The Morgan fingerprint density at radius 3 is 2.17 bits per heavy atom. The van der Waals surface area contributed by atoms with Gasteiger partial charge in [0, 0.05) is 23.1 Å². The lowest BCUT2D eigenvalue weighted by molar-refractivity contribution is -0.633. The van der Waals surface area contributed by atoms with Gasteiger partial charge in [-0.2, -0.15) is 4.57 Å². The Labute approximate surface area is 181 Å². The number of pyridine rings is 1. The van der Waals surface area contributed by atoms with E-state index in [0.29, 0.717) is 5.92 Å². The van der Waals surface area contributed by atoms with Crippen LogP contribution in [0.3, 0.4) is 0 Å². The van der Waals surface area contributed by atoms with Gasteiger partial charge < -0.3 is 0 Å². The molecule has 0 atom stereocenters. The fourth-order valence-electron chi connectivity index (χ4n) is 4.76. The molecule has 0 spiro atoms. The smallest absolute Gasteiger partial charge is 0.194 e. The average Bonchev–Trinajstić information content (AvgIpc) is 2.68. The Morgan fingerprint density at radius 1 is 0.800 bits per heavy atom. The van der Waals surface area contributed by atoms with Gasteiger partial charge >= 0.3 is 0 Å². The molecule has 0 unspecified atom stereocenters. The van der Waals surface area contributed by atoms with Crippen LogP contribution in [0.2, 0.25) is 0 Å². The van der Waals surface area contributed by atoms with Crippen molar-refractivity contribution in [3.8, 4) is 11.3 Å². The first-order chi connectivity index (χ1) is 14.1. The standard InChI is InChI=1S/C29H34N/c1-18(2)23-17-28(30(8)27-12-10-9-11-22(23)27)25-16-26(29(5,6)7)21-14-13-19(3)15-24(21)20(25)4/h9-18H,1-8H3/q+1. The van der Waals surface area contributed by atoms with E-state index in [0.717, 1.165) is 0 Å². The van der Waals surface area contributed by atoms with Gasteiger partial charge in [0.05, 0.1) is 0 Å². The first-order valence-corrected chi connectivity index (χ1v) is 11.1. The number of rotatable bonds is 2. The largest absolute Gasteiger partial charge is 0.213 e. The molecular formula is C29H34N+. The second kappa shape index (κ2) is 7.23. The summed E-state index contributed by atoms with van der Waals surface area (Å²) < 4.78 is 2.37. The maximum absolute atomic E-state index is 2.45. The molecule has 4 rings (SSSR count). The van der Waals surface area contributed by atoms with Crippen LogP contribution in [0.5, 0.6) is 0 Å². The van der Waals surface area contributed by atoms with Gasteiger partial charge in [-0.1, -0.05) is 70.5 Å². The minimum atomic E-state index is 0.0757. The fraction of sp³-hybridized carbons (Fsp3) is 0.345. The molecule has 0 aliphatic heterocycles. The second-order valence-electron chi connectivity index (χ2n) is 10.1. The lowest BCUT2D eigenvalue weighted by atomic mass is 9.80. The van der Waals surface area contributed by atoms with Crippen LogP contribution >= 0.6 is 0 Å². The van der Waals surface area contributed by atoms with Crippen LogP contribution in [0.4, 0.5) is 0 Å². The molecule has 1 heteroatoms. The van der Waals surface area contributed by atoms with Crippen molar-refractivity contribution in [2.75, 3.05) is 0 Å². The molecule has 0 fully saturated rings. The van der Waals surface area contributed by atoms with Crippen molar-refractivity contribution in [3.63, 3.8) is 0 Å². The predicted molar refractivity (Wildman–Crippen MR) is 130 cm³/mol. The van der Waals surface area contributed by atoms with Crippen molar-refractivity contribution in [2.24, 2.45) is 7.05 Å². The quantitative estimate of drug-likeness (QED) is 0.308. The van der Waals surface area contributed by atoms with Crippen molar-refractivity contribution < 1.29 is 4.57 Å². The van der Waals surface area contributed by atoms with Gasteiger partial charge in [-0.15, -0.1) is 0 Å². The van der Waals surface area contributed by atoms with Crippen molar-refractivity contribution in [2.45, 2.75) is 59.8 Å². The molecule has 30 heavy (non-hydrogen) atoms. The highest BCUT2D eigenvalue weighted by molar-refractivity contribution is 5.95. The molecule has 0 aliphatic rings. The number of para-hydroxylation sites is 1. The van der Waals surface area contributed by atoms with E-state index in [1.54, 1.807) is 0 Å². The maximum atomic E-state index is 2.45. The minimum Gasteiger partial charge on any atom is -0.194 e. The van der Waals surface area contributed by atoms with E-state index in [9.17, 15) is 0 Å². The maximum Gasteiger partial charge on any atom is 0.213 e. The summed E-state index contributed by atoms with van der Waals surface area (Å²) in [6.45, 7) is 16.0. The molecule has 1 heterocycles. The third-order valence-electron chi connectivity index (χ3n) is 6.50. The Kier molecular flexibility index (Phi) is 4.97. The number of nitrogens with zero attached hydrogens (tertiary/aromatic N) is 1. The third kappa shape index (κ3) is 3.31. The molecule has 3 aromatic carbocycles. The van der Waals surface area contributed by atoms with Crippen molar-refractivity contribution in [3.05, 3.63) is 76.9 Å². The second-order valence-corrected chi connectivity index (χ2v) is 10.1. The summed E-state index contributed by atoms with van der Waals surface area (Å²) in [4.78, 5) is 0. The van der Waals surface area contributed by atoms with Crippen molar-refractivity contribution in [1.82, 2.24) is 0 Å². The summed E-state index contributed by atoms with van der Waals surface area (Å²) >= 11 is 0. The van der Waals surface area contributed by atoms with Crippen LogP contribution in [0, 0.1) is 13.8 Å². The van der Waals surface area contributed by atoms with Gasteiger partial charge in [-0.3, -0.25) is 0 Å².